The summed E-state index contributed by atoms with van der Waals surface area (Å²) in [4.78, 5) is 16.8. The molecule has 16 heavy (non-hydrogen) atoms. The predicted octanol–water partition coefficient (Wildman–Crippen LogP) is -3.10. The monoisotopic (exact) mass is 260 g/mol. The largest absolute Gasteiger partial charge is 0.469 e. The minimum Gasteiger partial charge on any atom is -0.387 e. The smallest absolute Gasteiger partial charge is 0.387 e. The second-order valence-corrected chi connectivity index (χ2v) is 4.56. The molecule has 0 aromatic carbocycles. The predicted molar refractivity (Wildman–Crippen MR) is 46.9 cm³/mol. The van der Waals surface area contributed by atoms with Crippen LogP contribution in [0, 0.1) is 0 Å². The fraction of sp³-hybridized carbons (Fsp3) is 1.00. The van der Waals surface area contributed by atoms with Gasteiger partial charge in [0.05, 0.1) is 6.61 Å². The number of hydrogen-bond acceptors (Lipinski definition) is 7. The van der Waals surface area contributed by atoms with Gasteiger partial charge in [0.15, 0.2) is 6.29 Å². The molecule has 1 rings (SSSR count). The molecule has 0 unspecified atom stereocenters. The molecule has 0 aliphatic carbocycles. The zero-order chi connectivity index (χ0) is 12.5. The first-order valence-corrected chi connectivity index (χ1v) is 5.83. The molecular formula is C6H13O9P. The molecule has 0 saturated carbocycles. The Hall–Kier alpha value is -0.0900. The minimum atomic E-state index is -4.73. The summed E-state index contributed by atoms with van der Waals surface area (Å²) in [5, 5.41) is 36.7. The van der Waals surface area contributed by atoms with Crippen molar-refractivity contribution in [3.05, 3.63) is 0 Å². The summed E-state index contributed by atoms with van der Waals surface area (Å²) in [6, 6.07) is 0. The van der Waals surface area contributed by atoms with Crippen LogP contribution in [0.15, 0.2) is 0 Å². The average Bonchev–Trinajstić information content (AvgIpc) is 2.17. The van der Waals surface area contributed by atoms with Crippen molar-refractivity contribution >= 4 is 7.82 Å². The van der Waals surface area contributed by atoms with Gasteiger partial charge in [0.2, 0.25) is 0 Å². The Bertz CT molecular complexity index is 277. The molecule has 9 nitrogen and oxygen atoms in total. The zero-order valence-electron chi connectivity index (χ0n) is 7.95. The highest BCUT2D eigenvalue weighted by Gasteiger charge is 2.43. The SMILES string of the molecule is O=P(O)(O)OC[C@H]1O[C@@H](O)[C@H](O)[C@H](O)[C@@H]1O. The standard InChI is InChI=1S/C6H13O9P/c7-3-2(1-14-16(11,12)13)15-6(10)5(9)4(3)8/h2-10H,1H2,(H2,11,12,13)/t2-,3-,4-,5-,6-/m1/s1. The van der Waals surface area contributed by atoms with E-state index >= 15 is 0 Å². The summed E-state index contributed by atoms with van der Waals surface area (Å²) in [7, 11) is -4.73. The van der Waals surface area contributed by atoms with E-state index in [0.717, 1.165) is 0 Å². The number of phosphoric ester groups is 1. The third kappa shape index (κ3) is 3.45. The number of hydrogen-bond donors (Lipinski definition) is 6. The lowest BCUT2D eigenvalue weighted by Gasteiger charge is -2.38. The van der Waals surface area contributed by atoms with Gasteiger partial charge < -0.3 is 34.9 Å². The number of ether oxygens (including phenoxy) is 1. The van der Waals surface area contributed by atoms with Crippen molar-refractivity contribution in [2.75, 3.05) is 6.61 Å². The molecule has 10 heteroatoms. The molecule has 6 N–H and O–H groups in total. The summed E-state index contributed by atoms with van der Waals surface area (Å²) >= 11 is 0. The van der Waals surface area contributed by atoms with Gasteiger partial charge in [0.25, 0.3) is 0 Å². The first kappa shape index (κ1) is 14.0. The Labute approximate surface area is 90.1 Å². The fourth-order valence-electron chi connectivity index (χ4n) is 1.24. The topological polar surface area (TPSA) is 157 Å². The Morgan fingerprint density at radius 1 is 1.06 bits per heavy atom. The maximum absolute atomic E-state index is 10.4. The molecule has 96 valence electrons. The number of phosphoric acid groups is 1. The molecule has 0 aromatic rings. The average molecular weight is 260 g/mol. The van der Waals surface area contributed by atoms with Crippen LogP contribution in [-0.4, -0.2) is 67.5 Å². The summed E-state index contributed by atoms with van der Waals surface area (Å²) in [6.45, 7) is -0.730. The molecule has 5 atom stereocenters. The first-order valence-electron chi connectivity index (χ1n) is 4.30. The van der Waals surface area contributed by atoms with Crippen molar-refractivity contribution in [1.29, 1.82) is 0 Å². The van der Waals surface area contributed by atoms with E-state index in [2.05, 4.69) is 9.26 Å². The maximum atomic E-state index is 10.4. The van der Waals surface area contributed by atoms with Gasteiger partial charge in [-0.05, 0) is 0 Å². The van der Waals surface area contributed by atoms with Crippen molar-refractivity contribution in [1.82, 2.24) is 0 Å². The van der Waals surface area contributed by atoms with Crippen LogP contribution in [0.25, 0.3) is 0 Å². The van der Waals surface area contributed by atoms with Crippen LogP contribution in [0.2, 0.25) is 0 Å². The number of rotatable bonds is 3. The lowest BCUT2D eigenvalue weighted by atomic mass is 10.00. The van der Waals surface area contributed by atoms with Crippen molar-refractivity contribution in [2.24, 2.45) is 0 Å². The van der Waals surface area contributed by atoms with Crippen LogP contribution in [-0.2, 0) is 13.8 Å². The molecule has 0 spiro atoms. The van der Waals surface area contributed by atoms with Gasteiger partial charge in [-0.3, -0.25) is 4.52 Å². The maximum Gasteiger partial charge on any atom is 0.469 e. The van der Waals surface area contributed by atoms with Crippen molar-refractivity contribution in [2.45, 2.75) is 30.7 Å². The normalized spacial score (nSPS) is 41.0. The Balaban J connectivity index is 2.57. The van der Waals surface area contributed by atoms with Gasteiger partial charge in [-0.2, -0.15) is 0 Å². The van der Waals surface area contributed by atoms with Crippen LogP contribution >= 0.6 is 7.82 Å². The van der Waals surface area contributed by atoms with E-state index in [4.69, 9.17) is 20.0 Å². The van der Waals surface area contributed by atoms with Gasteiger partial charge in [-0.25, -0.2) is 4.57 Å². The molecule has 0 amide bonds. The third-order valence-corrected chi connectivity index (χ3v) is 2.58. The summed E-state index contributed by atoms with van der Waals surface area (Å²) in [5.74, 6) is 0. The zero-order valence-corrected chi connectivity index (χ0v) is 8.84. The highest BCUT2D eigenvalue weighted by molar-refractivity contribution is 7.46. The lowest BCUT2D eigenvalue weighted by Crippen LogP contribution is -2.58. The van der Waals surface area contributed by atoms with Gasteiger partial charge in [0.1, 0.15) is 24.4 Å². The quantitative estimate of drug-likeness (QED) is 0.289. The van der Waals surface area contributed by atoms with E-state index in [9.17, 15) is 14.8 Å². The summed E-state index contributed by atoms with van der Waals surface area (Å²) in [5.41, 5.74) is 0. The van der Waals surface area contributed by atoms with Gasteiger partial charge in [0, 0.05) is 0 Å². The summed E-state index contributed by atoms with van der Waals surface area (Å²) in [6.07, 6.45) is -8.11. The second kappa shape index (κ2) is 5.05. The second-order valence-electron chi connectivity index (χ2n) is 3.32. The lowest BCUT2D eigenvalue weighted by molar-refractivity contribution is -0.285. The van der Waals surface area contributed by atoms with Crippen LogP contribution in [0.5, 0.6) is 0 Å². The molecule has 0 bridgehead atoms. The Morgan fingerprint density at radius 3 is 2.12 bits per heavy atom. The Morgan fingerprint density at radius 2 is 1.62 bits per heavy atom. The van der Waals surface area contributed by atoms with Crippen LogP contribution in [0.4, 0.5) is 0 Å². The van der Waals surface area contributed by atoms with Crippen molar-refractivity contribution in [3.63, 3.8) is 0 Å². The molecule has 1 heterocycles. The van der Waals surface area contributed by atoms with Crippen molar-refractivity contribution < 1.29 is 44.0 Å². The first-order chi connectivity index (χ1) is 7.22. The molecule has 1 saturated heterocycles. The van der Waals surface area contributed by atoms with Gasteiger partial charge >= 0.3 is 7.82 Å². The number of aliphatic hydroxyl groups excluding tert-OH is 4. The highest BCUT2D eigenvalue weighted by Crippen LogP contribution is 2.36. The molecule has 0 radical (unpaired) electrons. The van der Waals surface area contributed by atoms with E-state index in [1.807, 2.05) is 0 Å². The third-order valence-electron chi connectivity index (χ3n) is 2.09. The van der Waals surface area contributed by atoms with E-state index in [0.29, 0.717) is 0 Å². The van der Waals surface area contributed by atoms with Crippen molar-refractivity contribution in [3.8, 4) is 0 Å². The minimum absolute atomic E-state index is 0.730. The van der Waals surface area contributed by atoms with Crippen LogP contribution in [0.1, 0.15) is 0 Å². The van der Waals surface area contributed by atoms with E-state index in [1.165, 1.54) is 0 Å². The summed E-state index contributed by atoms with van der Waals surface area (Å²) < 4.78 is 19.0. The molecule has 1 fully saturated rings. The highest BCUT2D eigenvalue weighted by atomic mass is 31.2. The molecule has 1 aliphatic rings. The van der Waals surface area contributed by atoms with E-state index in [1.54, 1.807) is 0 Å². The Kier molecular flexibility index (Phi) is 4.41. The number of aliphatic hydroxyl groups is 4. The van der Waals surface area contributed by atoms with Gasteiger partial charge in [-0.1, -0.05) is 0 Å². The van der Waals surface area contributed by atoms with Crippen LogP contribution in [0.3, 0.4) is 0 Å². The van der Waals surface area contributed by atoms with Crippen LogP contribution < -0.4 is 0 Å². The molecule has 0 aromatic heterocycles. The fourth-order valence-corrected chi connectivity index (χ4v) is 1.58. The van der Waals surface area contributed by atoms with E-state index < -0.39 is 45.1 Å². The van der Waals surface area contributed by atoms with Gasteiger partial charge in [-0.15, -0.1) is 0 Å². The molecular weight excluding hydrogens is 247 g/mol. The molecule has 1 aliphatic heterocycles. The van der Waals surface area contributed by atoms with E-state index in [-0.39, 0.29) is 0 Å².